The van der Waals surface area contributed by atoms with Gasteiger partial charge in [-0.15, -0.1) is 0 Å². The molecule has 0 radical (unpaired) electrons. The van der Waals surface area contributed by atoms with Crippen molar-refractivity contribution in [2.75, 3.05) is 13.2 Å². The third kappa shape index (κ3) is 9.62. The van der Waals surface area contributed by atoms with Crippen LogP contribution in [0.5, 0.6) is 5.75 Å². The van der Waals surface area contributed by atoms with Gasteiger partial charge in [-0.2, -0.15) is 0 Å². The van der Waals surface area contributed by atoms with Crippen molar-refractivity contribution in [2.24, 2.45) is 11.3 Å². The topological polar surface area (TPSA) is 131 Å². The molecule has 0 aliphatic carbocycles. The number of fused-ring (bicyclic) bond motifs is 4. The summed E-state index contributed by atoms with van der Waals surface area (Å²) in [5, 5.41) is 10.9. The zero-order valence-electron chi connectivity index (χ0n) is 31.5. The van der Waals surface area contributed by atoms with E-state index < -0.39 is 57.3 Å². The number of nitrogens with zero attached hydrogens (tertiary/aromatic N) is 2. The van der Waals surface area contributed by atoms with E-state index in [1.165, 1.54) is 12.3 Å². The lowest BCUT2D eigenvalue weighted by atomic mass is 9.65. The number of hydrogen-bond donors (Lipinski definition) is 2. The van der Waals surface area contributed by atoms with Gasteiger partial charge in [0, 0.05) is 44.1 Å². The van der Waals surface area contributed by atoms with E-state index in [1.54, 1.807) is 16.4 Å². The number of rotatable bonds is 14. The molecule has 1 aromatic heterocycles. The standard InChI is InChI=1S/C37H50F2N4O6.C2H6.H2/c1-23(2)12-10-8-7-9-11-17-48-35(47)49-32-30-34(46)42-22-37(6,36(5,19-24(3)40)16-15-25(42)4)43(30)21-28(31(32)44)33(45)41-20-26-13-14-27(38)18-29(26)39;1-2;/h13-14,18,21,23,25,40H,7-12,15-17,19-20,22H2,1-6H3,(H,41,45);1-2H3;1H/t25-,36+,37+;;/m0../s1. The van der Waals surface area contributed by atoms with E-state index in [0.29, 0.717) is 43.4 Å². The number of unbranched alkanes of at least 4 members (excludes halogenated alkanes) is 4. The number of hydrogen-bond acceptors (Lipinski definition) is 7. The molecule has 2 bridgehead atoms. The summed E-state index contributed by atoms with van der Waals surface area (Å²) in [6.45, 7) is 15.9. The van der Waals surface area contributed by atoms with Crippen LogP contribution in [0.25, 0.3) is 0 Å². The highest BCUT2D eigenvalue weighted by Gasteiger charge is 2.55. The molecule has 10 nitrogen and oxygen atoms in total. The maximum atomic E-state index is 14.4. The van der Waals surface area contributed by atoms with Crippen molar-refractivity contribution in [3.63, 3.8) is 0 Å². The first-order valence-electron chi connectivity index (χ1n) is 18.3. The Balaban J connectivity index is 0.00000307. The highest BCUT2D eigenvalue weighted by atomic mass is 19.1. The number of carbonyl (C=O) groups excluding carboxylic acids is 3. The van der Waals surface area contributed by atoms with E-state index in [4.69, 9.17) is 14.9 Å². The van der Waals surface area contributed by atoms with Gasteiger partial charge in [0.25, 0.3) is 11.8 Å². The zero-order valence-corrected chi connectivity index (χ0v) is 31.5. The van der Waals surface area contributed by atoms with Crippen molar-refractivity contribution in [1.82, 2.24) is 14.8 Å². The first-order valence-corrected chi connectivity index (χ1v) is 18.3. The van der Waals surface area contributed by atoms with Crippen molar-refractivity contribution in [2.45, 2.75) is 131 Å². The molecule has 3 atom stereocenters. The largest absolute Gasteiger partial charge is 0.514 e. The van der Waals surface area contributed by atoms with Gasteiger partial charge in [-0.05, 0) is 63.9 Å². The van der Waals surface area contributed by atoms with Crippen molar-refractivity contribution >= 4 is 23.7 Å². The Bertz CT molecular complexity index is 1650. The molecule has 3 heterocycles. The van der Waals surface area contributed by atoms with Gasteiger partial charge in [-0.25, -0.2) is 13.6 Å². The van der Waals surface area contributed by atoms with E-state index in [0.717, 1.165) is 38.2 Å². The Hall–Kier alpha value is -4.09. The first-order chi connectivity index (χ1) is 24.1. The fourth-order valence-corrected chi connectivity index (χ4v) is 7.10. The molecule has 2 aliphatic rings. The van der Waals surface area contributed by atoms with E-state index in [1.807, 2.05) is 34.6 Å². The lowest BCUT2D eigenvalue weighted by Gasteiger charge is -2.52. The van der Waals surface area contributed by atoms with Gasteiger partial charge in [0.05, 0.1) is 12.1 Å². The predicted molar refractivity (Wildman–Crippen MR) is 196 cm³/mol. The van der Waals surface area contributed by atoms with Crippen LogP contribution >= 0.6 is 0 Å². The molecular formula is C39H58F2N4O6. The molecule has 1 aromatic carbocycles. The molecule has 1 fully saturated rings. The molecule has 4 rings (SSSR count). The minimum Gasteiger partial charge on any atom is -0.434 e. The molecule has 2 aromatic rings. The number of nitrogens with one attached hydrogen (secondary N) is 2. The van der Waals surface area contributed by atoms with Crippen LogP contribution in [0.15, 0.2) is 29.2 Å². The summed E-state index contributed by atoms with van der Waals surface area (Å²) in [5.74, 6) is -3.03. The number of carbonyl (C=O) groups is 3. The first kappa shape index (κ1) is 41.3. The molecular weight excluding hydrogens is 658 g/mol. The predicted octanol–water partition coefficient (Wildman–Crippen LogP) is 8.63. The van der Waals surface area contributed by atoms with E-state index >= 15 is 0 Å². The highest BCUT2D eigenvalue weighted by Crippen LogP contribution is 2.51. The highest BCUT2D eigenvalue weighted by molar-refractivity contribution is 6.00. The van der Waals surface area contributed by atoms with Crippen LogP contribution in [0.4, 0.5) is 13.6 Å². The molecule has 0 spiro atoms. The normalized spacial score (nSPS) is 20.9. The number of aromatic nitrogens is 1. The molecule has 2 aliphatic heterocycles. The molecule has 12 heteroatoms. The maximum Gasteiger partial charge on any atom is 0.514 e. The number of amides is 2. The fourth-order valence-electron chi connectivity index (χ4n) is 7.10. The SMILES string of the molecule is CC.CC(=N)C[C@@]1(C)CC[C@H](C)N2C[C@@]1(C)n1cc(C(=O)NCc3ccc(F)cc3F)c(=O)c(OC(=O)OCCCCCCCC(C)C)c1C2=O.[HH]. The Morgan fingerprint density at radius 1 is 1.10 bits per heavy atom. The van der Waals surface area contributed by atoms with Gasteiger partial charge in [-0.3, -0.25) is 14.4 Å². The third-order valence-electron chi connectivity index (χ3n) is 10.3. The van der Waals surface area contributed by atoms with Gasteiger partial charge >= 0.3 is 6.16 Å². The number of ether oxygens (including phenoxy) is 2. The average molecular weight is 717 g/mol. The Kier molecular flexibility index (Phi) is 14.5. The van der Waals surface area contributed by atoms with Gasteiger partial charge in [-0.1, -0.05) is 72.8 Å². The third-order valence-corrected chi connectivity index (χ3v) is 10.3. The van der Waals surface area contributed by atoms with Crippen molar-refractivity contribution in [1.29, 1.82) is 5.41 Å². The molecule has 1 saturated heterocycles. The second-order valence-corrected chi connectivity index (χ2v) is 14.6. The number of benzene rings is 1. The maximum absolute atomic E-state index is 14.4. The Morgan fingerprint density at radius 3 is 2.41 bits per heavy atom. The van der Waals surface area contributed by atoms with Gasteiger partial charge in [0.1, 0.15) is 17.2 Å². The molecule has 0 saturated carbocycles. The summed E-state index contributed by atoms with van der Waals surface area (Å²) in [7, 11) is 0. The van der Waals surface area contributed by atoms with Crippen LogP contribution in [0.2, 0.25) is 0 Å². The molecule has 284 valence electrons. The van der Waals surface area contributed by atoms with E-state index in [9.17, 15) is 28.0 Å². The molecule has 51 heavy (non-hydrogen) atoms. The van der Waals surface area contributed by atoms with Gasteiger partial charge < -0.3 is 29.7 Å². The smallest absolute Gasteiger partial charge is 0.434 e. The van der Waals surface area contributed by atoms with Crippen molar-refractivity contribution in [3.05, 3.63) is 63.1 Å². The summed E-state index contributed by atoms with van der Waals surface area (Å²) in [6.07, 6.45) is 7.61. The second-order valence-electron chi connectivity index (χ2n) is 14.6. The van der Waals surface area contributed by atoms with Crippen LogP contribution in [0.1, 0.15) is 141 Å². The fraction of sp³-hybridized carbons (Fsp3) is 0.615. The van der Waals surface area contributed by atoms with Crippen LogP contribution < -0.4 is 15.5 Å². The van der Waals surface area contributed by atoms with Crippen LogP contribution in [-0.4, -0.2) is 52.3 Å². The van der Waals surface area contributed by atoms with Crippen LogP contribution in [-0.2, 0) is 16.8 Å². The number of halogens is 2. The average Bonchev–Trinajstić information content (AvgIpc) is 3.15. The monoisotopic (exact) mass is 716 g/mol. The van der Waals surface area contributed by atoms with Gasteiger partial charge in [0.15, 0.2) is 5.69 Å². The zero-order chi connectivity index (χ0) is 38.1. The molecule has 2 amide bonds. The van der Waals surface area contributed by atoms with Crippen molar-refractivity contribution in [3.8, 4) is 5.75 Å². The summed E-state index contributed by atoms with van der Waals surface area (Å²) < 4.78 is 40.2. The summed E-state index contributed by atoms with van der Waals surface area (Å²) in [6, 6.07) is 2.72. The summed E-state index contributed by atoms with van der Waals surface area (Å²) in [5.41, 5.74) is -2.72. The van der Waals surface area contributed by atoms with Crippen molar-refractivity contribution < 1.29 is 34.1 Å². The van der Waals surface area contributed by atoms with Crippen LogP contribution in [0.3, 0.4) is 0 Å². The molecule has 2 N–H and O–H groups in total. The Morgan fingerprint density at radius 2 is 1.76 bits per heavy atom. The Labute approximate surface area is 302 Å². The summed E-state index contributed by atoms with van der Waals surface area (Å²) >= 11 is 0. The lowest BCUT2D eigenvalue weighted by Crippen LogP contribution is -2.60. The minimum atomic E-state index is -1.17. The molecule has 0 unspecified atom stereocenters. The van der Waals surface area contributed by atoms with E-state index in [-0.39, 0.29) is 38.4 Å². The summed E-state index contributed by atoms with van der Waals surface area (Å²) in [4.78, 5) is 56.4. The van der Waals surface area contributed by atoms with Gasteiger partial charge in [0.2, 0.25) is 11.2 Å². The second kappa shape index (κ2) is 17.9. The quantitative estimate of drug-likeness (QED) is 0.114. The van der Waals surface area contributed by atoms with Crippen LogP contribution in [0, 0.1) is 28.4 Å². The number of pyridine rings is 1. The van der Waals surface area contributed by atoms with E-state index in [2.05, 4.69) is 19.2 Å². The minimum absolute atomic E-state index is 0. The lowest BCUT2D eigenvalue weighted by molar-refractivity contribution is 0.0221.